The Kier molecular flexibility index (Phi) is 14.9. The summed E-state index contributed by atoms with van der Waals surface area (Å²) in [4.78, 5) is 23.8. The van der Waals surface area contributed by atoms with E-state index in [4.69, 9.17) is 9.47 Å². The summed E-state index contributed by atoms with van der Waals surface area (Å²) in [6, 6.07) is 10.0. The molecule has 0 saturated heterocycles. The van der Waals surface area contributed by atoms with Crippen molar-refractivity contribution in [2.75, 3.05) is 45.7 Å². The summed E-state index contributed by atoms with van der Waals surface area (Å²) in [7, 11) is 3.17. The van der Waals surface area contributed by atoms with Gasteiger partial charge in [-0.1, -0.05) is 60.4 Å². The van der Waals surface area contributed by atoms with Crippen molar-refractivity contribution >= 4 is 33.4 Å². The quantitative estimate of drug-likeness (QED) is 0.127. The maximum absolute atomic E-state index is 12.2. The number of rotatable bonds is 14. The third-order valence-corrected chi connectivity index (χ3v) is 5.64. The largest absolute Gasteiger partial charge is 0.369 e. The Morgan fingerprint density at radius 1 is 1.13 bits per heavy atom. The summed E-state index contributed by atoms with van der Waals surface area (Å²) >= 11 is 0. The summed E-state index contributed by atoms with van der Waals surface area (Å²) in [6.45, 7) is 8.71. The van der Waals surface area contributed by atoms with Crippen molar-refractivity contribution in [3.63, 3.8) is 0 Å². The van der Waals surface area contributed by atoms with Crippen LogP contribution in [-0.4, -0.2) is 57.5 Å². The lowest BCUT2D eigenvalue weighted by Gasteiger charge is -2.17. The highest BCUT2D eigenvalue weighted by molar-refractivity contribution is 8.76. The van der Waals surface area contributed by atoms with Gasteiger partial charge in [0.05, 0.1) is 13.2 Å². The first-order chi connectivity index (χ1) is 15.0. The highest BCUT2D eigenvalue weighted by atomic mass is 33.1. The van der Waals surface area contributed by atoms with Crippen molar-refractivity contribution < 1.29 is 19.1 Å². The van der Waals surface area contributed by atoms with Gasteiger partial charge in [0.15, 0.2) is 0 Å². The Bertz CT molecular complexity index is 718. The normalized spacial score (nSPS) is 11.5. The Balaban J connectivity index is 2.41. The molecule has 0 aliphatic carbocycles. The second kappa shape index (κ2) is 16.9. The first-order valence-electron chi connectivity index (χ1n) is 10.2. The van der Waals surface area contributed by atoms with E-state index in [2.05, 4.69) is 27.9 Å². The van der Waals surface area contributed by atoms with Gasteiger partial charge in [-0.25, -0.2) is 0 Å². The van der Waals surface area contributed by atoms with Gasteiger partial charge in [0.1, 0.15) is 12.0 Å². The van der Waals surface area contributed by atoms with Crippen LogP contribution in [0.5, 0.6) is 0 Å². The second-order valence-electron chi connectivity index (χ2n) is 6.72. The summed E-state index contributed by atoms with van der Waals surface area (Å²) in [5.41, 5.74) is 1.38. The van der Waals surface area contributed by atoms with Gasteiger partial charge in [0, 0.05) is 30.6 Å². The average molecular weight is 468 g/mol. The maximum atomic E-state index is 12.2. The molecule has 0 bridgehead atoms. The monoisotopic (exact) mass is 467 g/mol. The van der Waals surface area contributed by atoms with Crippen molar-refractivity contribution in [3.8, 4) is 12.0 Å². The summed E-state index contributed by atoms with van der Waals surface area (Å²) in [6.07, 6.45) is 1.98. The van der Waals surface area contributed by atoms with E-state index in [1.165, 1.54) is 0 Å². The summed E-state index contributed by atoms with van der Waals surface area (Å²) < 4.78 is 11.2. The first kappa shape index (κ1) is 27.3. The van der Waals surface area contributed by atoms with Crippen LogP contribution >= 0.6 is 21.6 Å². The third-order valence-electron chi connectivity index (χ3n) is 3.76. The zero-order valence-electron chi connectivity index (χ0n) is 18.7. The molecule has 0 fully saturated rings. The lowest BCUT2D eigenvalue weighted by Crippen LogP contribution is -2.31. The van der Waals surface area contributed by atoms with Crippen molar-refractivity contribution in [1.82, 2.24) is 16.0 Å². The molecule has 0 aromatic heterocycles. The summed E-state index contributed by atoms with van der Waals surface area (Å²) in [5.74, 6) is 2.69. The minimum absolute atomic E-state index is 0.0615. The van der Waals surface area contributed by atoms with Crippen LogP contribution in [0, 0.1) is 17.9 Å². The molecule has 1 aromatic carbocycles. The molecule has 31 heavy (non-hydrogen) atoms. The topological polar surface area (TPSA) is 88.7 Å². The van der Waals surface area contributed by atoms with Crippen LogP contribution in [0.3, 0.4) is 0 Å². The third kappa shape index (κ3) is 12.7. The van der Waals surface area contributed by atoms with E-state index in [1.54, 1.807) is 33.7 Å². The molecule has 172 valence electrons. The molecule has 0 spiro atoms. The Morgan fingerprint density at radius 2 is 1.87 bits per heavy atom. The predicted molar refractivity (Wildman–Crippen MR) is 129 cm³/mol. The molecule has 0 radical (unpaired) electrons. The van der Waals surface area contributed by atoms with Crippen LogP contribution < -0.4 is 16.0 Å². The van der Waals surface area contributed by atoms with E-state index in [0.717, 1.165) is 18.7 Å². The van der Waals surface area contributed by atoms with Crippen LogP contribution in [0.15, 0.2) is 24.3 Å². The minimum atomic E-state index is -0.275. The van der Waals surface area contributed by atoms with Crippen LogP contribution in [-0.2, 0) is 14.3 Å². The molecule has 9 heteroatoms. The number of hydrogen-bond acceptors (Lipinski definition) is 7. The van der Waals surface area contributed by atoms with Gasteiger partial charge < -0.3 is 20.1 Å². The maximum Gasteiger partial charge on any atom is 0.257 e. The molecule has 7 nitrogen and oxygen atoms in total. The molecule has 1 unspecified atom stereocenters. The molecule has 1 rings (SSSR count). The SMILES string of the molecule is CCNCCNC(=O)c1ccc(C(OCCOCC(=O)NC#CC(C)C)SSC)cc1. The van der Waals surface area contributed by atoms with Crippen LogP contribution in [0.2, 0.25) is 0 Å². The number of hydrogen-bond donors (Lipinski definition) is 3. The standard InChI is InChI=1S/C22H33N3O4S2/c1-5-23-12-13-25-21(27)18-6-8-19(9-7-18)22(31-30-4)29-15-14-28-16-20(26)24-11-10-17(2)3/h6-9,17,22-23H,5,12-16H2,1-4H3,(H,24,26)(H,25,27). The minimum Gasteiger partial charge on any atom is -0.369 e. The van der Waals surface area contributed by atoms with Crippen molar-refractivity contribution in [1.29, 1.82) is 0 Å². The van der Waals surface area contributed by atoms with E-state index in [9.17, 15) is 9.59 Å². The number of amides is 2. The van der Waals surface area contributed by atoms with E-state index in [1.807, 2.05) is 39.2 Å². The molecule has 1 atom stereocenters. The first-order valence-corrected chi connectivity index (χ1v) is 12.9. The van der Waals surface area contributed by atoms with E-state index in [-0.39, 0.29) is 29.8 Å². The smallest absolute Gasteiger partial charge is 0.257 e. The molecule has 3 N–H and O–H groups in total. The van der Waals surface area contributed by atoms with Gasteiger partial charge in [-0.15, -0.1) is 0 Å². The predicted octanol–water partition coefficient (Wildman–Crippen LogP) is 2.80. The van der Waals surface area contributed by atoms with Gasteiger partial charge in [-0.05, 0) is 30.5 Å². The Labute approximate surface area is 193 Å². The molecular formula is C22H33N3O4S2. The van der Waals surface area contributed by atoms with E-state index < -0.39 is 0 Å². The van der Waals surface area contributed by atoms with E-state index in [0.29, 0.717) is 25.3 Å². The number of likely N-dealkylation sites (N-methyl/N-ethyl adjacent to an activating group) is 1. The van der Waals surface area contributed by atoms with Crippen LogP contribution in [0.1, 0.15) is 42.1 Å². The molecule has 0 saturated carbocycles. The summed E-state index contributed by atoms with van der Waals surface area (Å²) in [5, 5.41) is 8.53. The molecule has 0 aliphatic heterocycles. The van der Waals surface area contributed by atoms with Crippen molar-refractivity contribution in [2.24, 2.45) is 5.92 Å². The highest BCUT2D eigenvalue weighted by Crippen LogP contribution is 2.37. The van der Waals surface area contributed by atoms with Crippen LogP contribution in [0.4, 0.5) is 0 Å². The molecule has 2 amide bonds. The van der Waals surface area contributed by atoms with E-state index >= 15 is 0 Å². The van der Waals surface area contributed by atoms with Crippen LogP contribution in [0.25, 0.3) is 0 Å². The van der Waals surface area contributed by atoms with Crippen molar-refractivity contribution in [3.05, 3.63) is 35.4 Å². The van der Waals surface area contributed by atoms with Gasteiger partial charge in [-0.3, -0.25) is 14.9 Å². The molecule has 0 aliphatic rings. The number of benzene rings is 1. The fourth-order valence-corrected chi connectivity index (χ4v) is 3.89. The Morgan fingerprint density at radius 3 is 2.52 bits per heavy atom. The molecule has 1 aromatic rings. The second-order valence-corrected chi connectivity index (χ2v) is 9.25. The lowest BCUT2D eigenvalue weighted by molar-refractivity contribution is -0.125. The number of nitrogens with one attached hydrogen (secondary N) is 3. The van der Waals surface area contributed by atoms with Gasteiger partial charge >= 0.3 is 0 Å². The van der Waals surface area contributed by atoms with Gasteiger partial charge in [-0.2, -0.15) is 0 Å². The van der Waals surface area contributed by atoms with Gasteiger partial charge in [0.25, 0.3) is 11.8 Å². The fraction of sp³-hybridized carbons (Fsp3) is 0.545. The van der Waals surface area contributed by atoms with Crippen molar-refractivity contribution in [2.45, 2.75) is 26.2 Å². The molecular weight excluding hydrogens is 434 g/mol. The number of carbonyl (C=O) groups excluding carboxylic acids is 2. The number of carbonyl (C=O) groups is 2. The lowest BCUT2D eigenvalue weighted by atomic mass is 10.1. The zero-order chi connectivity index (χ0) is 22.9. The highest BCUT2D eigenvalue weighted by Gasteiger charge is 2.14. The number of ether oxygens (including phenoxy) is 2. The average Bonchev–Trinajstić information content (AvgIpc) is 2.75. The molecule has 0 heterocycles. The Hall–Kier alpha value is -1.70. The fourth-order valence-electron chi connectivity index (χ4n) is 2.27. The zero-order valence-corrected chi connectivity index (χ0v) is 20.3. The van der Waals surface area contributed by atoms with Gasteiger partial charge in [0.2, 0.25) is 0 Å².